The Balaban J connectivity index is 1.78. The van der Waals surface area contributed by atoms with Gasteiger partial charge in [-0.05, 0) is 43.3 Å². The third-order valence-corrected chi connectivity index (χ3v) is 4.04. The number of hydrogen-bond donors (Lipinski definition) is 2. The normalized spacial score (nSPS) is 10.4. The average Bonchev–Trinajstić information content (AvgIpc) is 2.58. The molecule has 0 unspecified atom stereocenters. The Morgan fingerprint density at radius 1 is 1.15 bits per heavy atom. The number of nitrogen functional groups attached to an aromatic ring is 1. The van der Waals surface area contributed by atoms with Crippen molar-refractivity contribution in [1.82, 2.24) is 4.98 Å². The number of pyridine rings is 1. The molecule has 0 atom stereocenters. The summed E-state index contributed by atoms with van der Waals surface area (Å²) in [6, 6.07) is 15.7. The number of rotatable bonds is 4. The van der Waals surface area contributed by atoms with Crippen LogP contribution in [-0.2, 0) is 0 Å². The molecule has 132 valence electrons. The Morgan fingerprint density at radius 3 is 2.58 bits per heavy atom. The van der Waals surface area contributed by atoms with Crippen LogP contribution in [0.2, 0.25) is 0 Å². The van der Waals surface area contributed by atoms with Gasteiger partial charge < -0.3 is 15.8 Å². The second-order valence-corrected chi connectivity index (χ2v) is 6.49. The molecule has 5 nitrogen and oxygen atoms in total. The molecular weight excluding hydrogens is 401 g/mol. The zero-order valence-electron chi connectivity index (χ0n) is 13.8. The molecule has 0 spiro atoms. The Labute approximate surface area is 158 Å². The van der Waals surface area contributed by atoms with Crippen LogP contribution in [0.1, 0.15) is 15.9 Å². The van der Waals surface area contributed by atoms with Crippen LogP contribution in [-0.4, -0.2) is 10.9 Å². The molecule has 0 radical (unpaired) electrons. The molecule has 1 amide bonds. The van der Waals surface area contributed by atoms with E-state index in [0.717, 1.165) is 4.47 Å². The van der Waals surface area contributed by atoms with Crippen molar-refractivity contribution < 1.29 is 13.9 Å². The molecule has 2 aromatic carbocycles. The molecule has 0 aliphatic heterocycles. The van der Waals surface area contributed by atoms with E-state index in [1.54, 1.807) is 24.3 Å². The molecule has 1 aromatic heterocycles. The first-order valence-electron chi connectivity index (χ1n) is 7.70. The van der Waals surface area contributed by atoms with Gasteiger partial charge >= 0.3 is 0 Å². The van der Waals surface area contributed by atoms with E-state index >= 15 is 0 Å². The summed E-state index contributed by atoms with van der Waals surface area (Å²) in [5.41, 5.74) is 6.53. The van der Waals surface area contributed by atoms with Crippen LogP contribution in [0, 0.1) is 12.9 Å². The van der Waals surface area contributed by atoms with Gasteiger partial charge in [-0.1, -0.05) is 28.1 Å². The van der Waals surface area contributed by atoms with Gasteiger partial charge in [0.2, 0.25) is 5.95 Å². The fourth-order valence-electron chi connectivity index (χ4n) is 2.29. The van der Waals surface area contributed by atoms with Crippen molar-refractivity contribution in [3.05, 3.63) is 76.1 Å². The minimum absolute atomic E-state index is 0.113. The molecule has 0 fully saturated rings. The Kier molecular flexibility index (Phi) is 5.18. The van der Waals surface area contributed by atoms with Gasteiger partial charge in [-0.15, -0.1) is 0 Å². The van der Waals surface area contributed by atoms with Gasteiger partial charge in [-0.25, -0.2) is 4.98 Å². The Bertz CT molecular complexity index is 979. The lowest BCUT2D eigenvalue weighted by Gasteiger charge is -2.10. The Morgan fingerprint density at radius 2 is 1.85 bits per heavy atom. The summed E-state index contributed by atoms with van der Waals surface area (Å²) in [6.07, 6.45) is 0. The quantitative estimate of drug-likeness (QED) is 0.592. The van der Waals surface area contributed by atoms with Crippen molar-refractivity contribution in [3.63, 3.8) is 0 Å². The number of nitrogens with zero attached hydrogens (tertiary/aromatic N) is 1. The molecule has 1 heterocycles. The van der Waals surface area contributed by atoms with E-state index in [2.05, 4.69) is 26.2 Å². The number of aromatic nitrogens is 1. The minimum atomic E-state index is -0.691. The summed E-state index contributed by atoms with van der Waals surface area (Å²) in [6.45, 7) is 1.52. The highest BCUT2D eigenvalue weighted by Gasteiger charge is 2.14. The summed E-state index contributed by atoms with van der Waals surface area (Å²) in [5.74, 6) is -0.110. The number of amides is 1. The number of benzene rings is 2. The van der Waals surface area contributed by atoms with E-state index in [9.17, 15) is 9.18 Å². The van der Waals surface area contributed by atoms with E-state index in [0.29, 0.717) is 17.2 Å². The van der Waals surface area contributed by atoms with Gasteiger partial charge in [0, 0.05) is 21.8 Å². The van der Waals surface area contributed by atoms with Crippen molar-refractivity contribution in [2.24, 2.45) is 0 Å². The zero-order valence-corrected chi connectivity index (χ0v) is 15.4. The maximum atomic E-state index is 13.4. The largest absolute Gasteiger partial charge is 0.457 e. The lowest BCUT2D eigenvalue weighted by molar-refractivity contribution is 0.102. The van der Waals surface area contributed by atoms with Gasteiger partial charge in [0.25, 0.3) is 5.91 Å². The maximum absolute atomic E-state index is 13.4. The average molecular weight is 416 g/mol. The monoisotopic (exact) mass is 415 g/mol. The summed E-state index contributed by atoms with van der Waals surface area (Å²) in [4.78, 5) is 16.0. The summed E-state index contributed by atoms with van der Waals surface area (Å²) in [7, 11) is 0. The summed E-state index contributed by atoms with van der Waals surface area (Å²) in [5, 5.41) is 2.71. The minimum Gasteiger partial charge on any atom is -0.457 e. The molecule has 3 rings (SSSR count). The number of anilines is 2. The zero-order chi connectivity index (χ0) is 18.7. The van der Waals surface area contributed by atoms with Gasteiger partial charge in [-0.2, -0.15) is 4.39 Å². The fraction of sp³-hybridized carbons (Fsp3) is 0.0526. The van der Waals surface area contributed by atoms with Crippen molar-refractivity contribution in [1.29, 1.82) is 0 Å². The number of ether oxygens (including phenoxy) is 1. The lowest BCUT2D eigenvalue weighted by Crippen LogP contribution is -2.16. The molecule has 7 heteroatoms. The van der Waals surface area contributed by atoms with Crippen LogP contribution in [0.25, 0.3) is 0 Å². The third-order valence-electron chi connectivity index (χ3n) is 3.55. The van der Waals surface area contributed by atoms with Crippen LogP contribution < -0.4 is 15.8 Å². The third kappa shape index (κ3) is 4.18. The van der Waals surface area contributed by atoms with Crippen LogP contribution in [0.5, 0.6) is 11.5 Å². The van der Waals surface area contributed by atoms with Crippen LogP contribution in [0.4, 0.5) is 15.9 Å². The van der Waals surface area contributed by atoms with Gasteiger partial charge in [0.05, 0.1) is 5.56 Å². The standard InChI is InChI=1S/C19H15BrFN3O2/c1-11-8-16(18(22)24-17(11)21)19(25)23-13-5-3-7-15(10-13)26-14-6-2-4-12(20)9-14/h2-10H,1H3,(H2,22,24)(H,23,25). The van der Waals surface area contributed by atoms with Crippen LogP contribution >= 0.6 is 15.9 Å². The van der Waals surface area contributed by atoms with Crippen molar-refractivity contribution in [2.45, 2.75) is 6.92 Å². The molecule has 3 aromatic rings. The topological polar surface area (TPSA) is 77.2 Å². The number of halogens is 2. The van der Waals surface area contributed by atoms with E-state index in [4.69, 9.17) is 10.5 Å². The molecule has 3 N–H and O–H groups in total. The Hall–Kier alpha value is -2.93. The highest BCUT2D eigenvalue weighted by Crippen LogP contribution is 2.26. The van der Waals surface area contributed by atoms with Crippen molar-refractivity contribution >= 4 is 33.3 Å². The number of carbonyl (C=O) groups excluding carboxylic acids is 1. The number of nitrogens with two attached hydrogens (primary N) is 1. The molecule has 0 aliphatic rings. The predicted molar refractivity (Wildman–Crippen MR) is 102 cm³/mol. The van der Waals surface area contributed by atoms with E-state index in [1.807, 2.05) is 24.3 Å². The van der Waals surface area contributed by atoms with Crippen LogP contribution in [0.15, 0.2) is 59.1 Å². The second-order valence-electron chi connectivity index (χ2n) is 5.57. The summed E-state index contributed by atoms with van der Waals surface area (Å²) >= 11 is 3.38. The van der Waals surface area contributed by atoms with E-state index in [1.165, 1.54) is 13.0 Å². The predicted octanol–water partition coefficient (Wildman–Crippen LogP) is 4.92. The number of nitrogens with one attached hydrogen (secondary N) is 1. The van der Waals surface area contributed by atoms with Gasteiger partial charge in [-0.3, -0.25) is 4.79 Å². The first kappa shape index (κ1) is 17.9. The first-order chi connectivity index (χ1) is 12.4. The number of hydrogen-bond acceptors (Lipinski definition) is 4. The smallest absolute Gasteiger partial charge is 0.259 e. The van der Waals surface area contributed by atoms with Crippen LogP contribution in [0.3, 0.4) is 0 Å². The molecule has 0 aliphatic carbocycles. The van der Waals surface area contributed by atoms with Crippen molar-refractivity contribution in [3.8, 4) is 11.5 Å². The SMILES string of the molecule is Cc1cc(C(=O)Nc2cccc(Oc3cccc(Br)c3)c2)c(N)nc1F. The fourth-order valence-corrected chi connectivity index (χ4v) is 2.67. The highest BCUT2D eigenvalue weighted by atomic mass is 79.9. The lowest BCUT2D eigenvalue weighted by atomic mass is 10.1. The van der Waals surface area contributed by atoms with Gasteiger partial charge in [0.15, 0.2) is 0 Å². The van der Waals surface area contributed by atoms with E-state index < -0.39 is 11.9 Å². The maximum Gasteiger partial charge on any atom is 0.259 e. The summed E-state index contributed by atoms with van der Waals surface area (Å²) < 4.78 is 20.1. The van der Waals surface area contributed by atoms with Gasteiger partial charge in [0.1, 0.15) is 17.3 Å². The van der Waals surface area contributed by atoms with E-state index in [-0.39, 0.29) is 16.9 Å². The second kappa shape index (κ2) is 7.53. The number of carbonyl (C=O) groups is 1. The van der Waals surface area contributed by atoms with Crippen molar-refractivity contribution in [2.75, 3.05) is 11.1 Å². The first-order valence-corrected chi connectivity index (χ1v) is 8.49. The highest BCUT2D eigenvalue weighted by molar-refractivity contribution is 9.10. The molecule has 0 saturated carbocycles. The molecule has 0 bridgehead atoms. The molecule has 0 saturated heterocycles. The number of aryl methyl sites for hydroxylation is 1. The molecule has 26 heavy (non-hydrogen) atoms. The molecular formula is C19H15BrFN3O2.